The van der Waals surface area contributed by atoms with Crippen molar-refractivity contribution in [2.24, 2.45) is 0 Å². The van der Waals surface area contributed by atoms with Crippen LogP contribution < -0.4 is 0 Å². The van der Waals surface area contributed by atoms with Gasteiger partial charge in [0.05, 0.1) is 34.4 Å². The number of likely N-dealkylation sites (N-methyl/N-ethyl adjacent to an activating group) is 1. The highest BCUT2D eigenvalue weighted by Gasteiger charge is 2.31. The minimum atomic E-state index is -0.878. The number of hydrogen-bond acceptors (Lipinski definition) is 6. The standard InChI is InChI=1S/C55H95NO7/c1-6-8-10-12-14-16-18-20-22-24-25-26-27-28-29-30-32-33-35-37-39-41-43-45-53(57)62-50-51(49-61-48-47-52(55(59)60)56(3,4)5)63-54(58)46-44-42-40-38-36-34-31-23-21-19-17-15-13-11-9-7-2/h8-11,14-17,20-23,51-52H,6-7,12-13,18-19,24-50H2,1-5H3/p+1/b10-8+,11-9+,16-14+,17-15+,22-20+,23-21+. The van der Waals surface area contributed by atoms with Gasteiger partial charge in [-0.3, -0.25) is 9.59 Å². The lowest BCUT2D eigenvalue weighted by Crippen LogP contribution is -2.50. The SMILES string of the molecule is CC/C=C/C/C=C/C/C=C/CCCCCCCCCCCCCCCC(=O)OCC(COCCC(C(=O)O)[N+](C)(C)C)OC(=O)CCCCCCCC/C=C/C/C=C/C/C=C/CC. The van der Waals surface area contributed by atoms with E-state index in [0.29, 0.717) is 19.3 Å². The summed E-state index contributed by atoms with van der Waals surface area (Å²) in [6.45, 7) is 4.51. The minimum Gasteiger partial charge on any atom is -0.477 e. The average molecular weight is 883 g/mol. The molecule has 0 rings (SSSR count). The first-order valence-corrected chi connectivity index (χ1v) is 25.5. The lowest BCUT2D eigenvalue weighted by Gasteiger charge is -2.31. The number of ether oxygens (including phenoxy) is 3. The summed E-state index contributed by atoms with van der Waals surface area (Å²) < 4.78 is 17.3. The molecule has 0 aliphatic carbocycles. The molecule has 0 amide bonds. The summed E-state index contributed by atoms with van der Waals surface area (Å²) in [5, 5.41) is 9.65. The Balaban J connectivity index is 4.22. The van der Waals surface area contributed by atoms with E-state index < -0.39 is 18.1 Å². The third-order valence-electron chi connectivity index (χ3n) is 11.1. The highest BCUT2D eigenvalue weighted by atomic mass is 16.6. The number of carboxylic acids is 1. The van der Waals surface area contributed by atoms with E-state index in [4.69, 9.17) is 14.2 Å². The second-order valence-corrected chi connectivity index (χ2v) is 18.0. The average Bonchev–Trinajstić information content (AvgIpc) is 3.24. The molecule has 2 unspecified atom stereocenters. The maximum atomic E-state index is 12.8. The zero-order valence-electron chi connectivity index (χ0n) is 41.3. The molecule has 8 heteroatoms. The number of esters is 2. The van der Waals surface area contributed by atoms with Crippen LogP contribution in [0, 0.1) is 0 Å². The Hall–Kier alpha value is -3.23. The van der Waals surface area contributed by atoms with Gasteiger partial charge in [-0.1, -0.05) is 183 Å². The van der Waals surface area contributed by atoms with Crippen LogP contribution in [-0.2, 0) is 28.6 Å². The van der Waals surface area contributed by atoms with Gasteiger partial charge in [-0.25, -0.2) is 4.79 Å². The van der Waals surface area contributed by atoms with Crippen molar-refractivity contribution in [3.05, 3.63) is 72.9 Å². The summed E-state index contributed by atoms with van der Waals surface area (Å²) >= 11 is 0. The molecule has 0 aromatic rings. The first-order valence-electron chi connectivity index (χ1n) is 25.5. The molecule has 0 aliphatic rings. The maximum Gasteiger partial charge on any atom is 0.362 e. The van der Waals surface area contributed by atoms with Crippen molar-refractivity contribution in [3.8, 4) is 0 Å². The number of carboxylic acid groups (broad SMARTS) is 1. The fourth-order valence-electron chi connectivity index (χ4n) is 7.24. The predicted octanol–water partition coefficient (Wildman–Crippen LogP) is 14.7. The number of rotatable bonds is 45. The minimum absolute atomic E-state index is 0.0534. The summed E-state index contributed by atoms with van der Waals surface area (Å²) in [6, 6.07) is -0.620. The Kier molecular flexibility index (Phi) is 43.0. The number of unbranched alkanes of at least 4 members (excludes halogenated alkanes) is 19. The Labute approximate surface area is 387 Å². The largest absolute Gasteiger partial charge is 0.477 e. The smallest absolute Gasteiger partial charge is 0.362 e. The highest BCUT2D eigenvalue weighted by Crippen LogP contribution is 2.15. The van der Waals surface area contributed by atoms with E-state index in [1.165, 1.54) is 83.5 Å². The van der Waals surface area contributed by atoms with Crippen LogP contribution in [0.1, 0.15) is 206 Å². The number of aliphatic carboxylic acids is 1. The molecule has 2 atom stereocenters. The Morgan fingerprint density at radius 1 is 0.476 bits per heavy atom. The number of hydrogen-bond donors (Lipinski definition) is 1. The van der Waals surface area contributed by atoms with Gasteiger partial charge in [-0.15, -0.1) is 0 Å². The monoisotopic (exact) mass is 883 g/mol. The van der Waals surface area contributed by atoms with Gasteiger partial charge in [0.15, 0.2) is 12.1 Å². The summed E-state index contributed by atoms with van der Waals surface area (Å²) in [7, 11) is 5.53. The topological polar surface area (TPSA) is 99.1 Å². The first-order chi connectivity index (χ1) is 30.6. The normalized spacial score (nSPS) is 13.5. The molecular weight excluding hydrogens is 787 g/mol. The zero-order chi connectivity index (χ0) is 46.3. The Morgan fingerprint density at radius 3 is 1.24 bits per heavy atom. The molecule has 0 saturated heterocycles. The molecule has 0 saturated carbocycles. The van der Waals surface area contributed by atoms with Gasteiger partial charge in [0.25, 0.3) is 0 Å². The van der Waals surface area contributed by atoms with Crippen LogP contribution in [0.4, 0.5) is 0 Å². The van der Waals surface area contributed by atoms with E-state index >= 15 is 0 Å². The molecule has 0 heterocycles. The van der Waals surface area contributed by atoms with E-state index in [2.05, 4.69) is 86.8 Å². The van der Waals surface area contributed by atoms with E-state index in [1.807, 2.05) is 21.1 Å². The van der Waals surface area contributed by atoms with Crippen LogP contribution in [0.2, 0.25) is 0 Å². The summed E-state index contributed by atoms with van der Waals surface area (Å²) in [4.78, 5) is 37.2. The summed E-state index contributed by atoms with van der Waals surface area (Å²) in [5.41, 5.74) is 0. The van der Waals surface area contributed by atoms with Gasteiger partial charge >= 0.3 is 17.9 Å². The maximum absolute atomic E-state index is 12.8. The predicted molar refractivity (Wildman–Crippen MR) is 266 cm³/mol. The van der Waals surface area contributed by atoms with Crippen LogP contribution in [-0.4, -0.2) is 80.6 Å². The number of carbonyl (C=O) groups is 3. The lowest BCUT2D eigenvalue weighted by atomic mass is 10.0. The van der Waals surface area contributed by atoms with Crippen molar-refractivity contribution >= 4 is 17.9 Å². The molecule has 1 N–H and O–H groups in total. The number of allylic oxidation sites excluding steroid dienone is 12. The first kappa shape index (κ1) is 59.8. The van der Waals surface area contributed by atoms with Crippen molar-refractivity contribution in [1.82, 2.24) is 0 Å². The Bertz CT molecular complexity index is 1260. The zero-order valence-corrected chi connectivity index (χ0v) is 41.3. The van der Waals surface area contributed by atoms with E-state index in [9.17, 15) is 19.5 Å². The highest BCUT2D eigenvalue weighted by molar-refractivity contribution is 5.72. The van der Waals surface area contributed by atoms with Gasteiger partial charge in [0.1, 0.15) is 6.61 Å². The molecule has 0 aromatic carbocycles. The lowest BCUT2D eigenvalue weighted by molar-refractivity contribution is -0.887. The van der Waals surface area contributed by atoms with Gasteiger partial charge in [-0.05, 0) is 77.0 Å². The van der Waals surface area contributed by atoms with Crippen molar-refractivity contribution in [2.45, 2.75) is 219 Å². The van der Waals surface area contributed by atoms with Gasteiger partial charge in [-0.2, -0.15) is 0 Å². The van der Waals surface area contributed by atoms with Crippen LogP contribution in [0.5, 0.6) is 0 Å². The molecule has 0 spiro atoms. The number of carbonyl (C=O) groups excluding carboxylic acids is 2. The van der Waals surface area contributed by atoms with Crippen LogP contribution in [0.25, 0.3) is 0 Å². The van der Waals surface area contributed by atoms with Crippen LogP contribution in [0.3, 0.4) is 0 Å². The summed E-state index contributed by atoms with van der Waals surface area (Å²) in [6.07, 6.45) is 58.1. The van der Waals surface area contributed by atoms with Gasteiger partial charge < -0.3 is 23.8 Å². The molecule has 0 aliphatic heterocycles. The molecule has 0 aromatic heterocycles. The van der Waals surface area contributed by atoms with E-state index in [0.717, 1.165) is 89.9 Å². The van der Waals surface area contributed by atoms with Crippen LogP contribution >= 0.6 is 0 Å². The molecule has 362 valence electrons. The van der Waals surface area contributed by atoms with Crippen molar-refractivity contribution in [1.29, 1.82) is 0 Å². The third-order valence-corrected chi connectivity index (χ3v) is 11.1. The molecule has 8 nitrogen and oxygen atoms in total. The molecule has 0 bridgehead atoms. The van der Waals surface area contributed by atoms with Crippen LogP contribution in [0.15, 0.2) is 72.9 Å². The molecule has 63 heavy (non-hydrogen) atoms. The molecular formula is C55H96NO7+. The Morgan fingerprint density at radius 2 is 0.841 bits per heavy atom. The van der Waals surface area contributed by atoms with Gasteiger partial charge in [0.2, 0.25) is 0 Å². The fraction of sp³-hybridized carbons (Fsp3) is 0.727. The summed E-state index contributed by atoms with van der Waals surface area (Å²) in [5.74, 6) is -1.49. The van der Waals surface area contributed by atoms with Crippen molar-refractivity contribution in [2.75, 3.05) is 41.0 Å². The van der Waals surface area contributed by atoms with Gasteiger partial charge in [0, 0.05) is 19.3 Å². The third kappa shape index (κ3) is 43.8. The number of nitrogens with zero attached hydrogens (tertiary/aromatic N) is 1. The van der Waals surface area contributed by atoms with E-state index in [1.54, 1.807) is 0 Å². The number of quaternary nitrogens is 1. The van der Waals surface area contributed by atoms with Crippen molar-refractivity contribution in [3.63, 3.8) is 0 Å². The second-order valence-electron chi connectivity index (χ2n) is 18.0. The van der Waals surface area contributed by atoms with Crippen molar-refractivity contribution < 1.29 is 38.2 Å². The molecule has 0 radical (unpaired) electrons. The fourth-order valence-corrected chi connectivity index (χ4v) is 7.24. The second kappa shape index (κ2) is 45.3. The van der Waals surface area contributed by atoms with E-state index in [-0.39, 0.29) is 36.2 Å². The molecule has 0 fully saturated rings. The quantitative estimate of drug-likeness (QED) is 0.0281.